The maximum Gasteiger partial charge on any atom is 0.163 e. The van der Waals surface area contributed by atoms with Crippen molar-refractivity contribution in [2.24, 2.45) is 5.92 Å². The van der Waals surface area contributed by atoms with Gasteiger partial charge in [0.25, 0.3) is 0 Å². The molecule has 1 aromatic rings. The molecule has 1 atom stereocenters. The Morgan fingerprint density at radius 3 is 2.12 bits per heavy atom. The molecule has 0 heterocycles. The van der Waals surface area contributed by atoms with Gasteiger partial charge in [-0.15, -0.1) is 0 Å². The van der Waals surface area contributed by atoms with Crippen LogP contribution in [0.2, 0.25) is 0 Å². The van der Waals surface area contributed by atoms with E-state index in [9.17, 15) is 4.79 Å². The first-order chi connectivity index (χ1) is 8.10. The summed E-state index contributed by atoms with van der Waals surface area (Å²) in [6, 6.07) is 5.28. The monoisotopic (exact) mass is 236 g/mol. The van der Waals surface area contributed by atoms with Crippen molar-refractivity contribution in [3.8, 4) is 11.5 Å². The first-order valence-corrected chi connectivity index (χ1v) is 5.87. The van der Waals surface area contributed by atoms with Gasteiger partial charge in [0.05, 0.1) is 14.2 Å². The SMILES string of the molecule is CCC(C)CC(=O)c1cc(OC)cc(OC)c1. The van der Waals surface area contributed by atoms with Crippen LogP contribution in [0.15, 0.2) is 18.2 Å². The Morgan fingerprint density at radius 2 is 1.71 bits per heavy atom. The van der Waals surface area contributed by atoms with Crippen LogP contribution in [0, 0.1) is 5.92 Å². The third kappa shape index (κ3) is 3.77. The molecule has 3 heteroatoms. The highest BCUT2D eigenvalue weighted by Gasteiger charge is 2.12. The molecule has 0 radical (unpaired) electrons. The molecule has 0 N–H and O–H groups in total. The summed E-state index contributed by atoms with van der Waals surface area (Å²) >= 11 is 0. The predicted molar refractivity (Wildman–Crippen MR) is 67.9 cm³/mol. The summed E-state index contributed by atoms with van der Waals surface area (Å²) in [7, 11) is 3.16. The van der Waals surface area contributed by atoms with Crippen molar-refractivity contribution >= 4 is 5.78 Å². The number of hydrogen-bond donors (Lipinski definition) is 0. The Balaban J connectivity index is 2.92. The zero-order valence-corrected chi connectivity index (χ0v) is 10.9. The zero-order valence-electron chi connectivity index (χ0n) is 10.9. The van der Waals surface area contributed by atoms with Crippen LogP contribution in [0.25, 0.3) is 0 Å². The lowest BCUT2D eigenvalue weighted by Crippen LogP contribution is -2.06. The Labute approximate surface area is 103 Å². The Hall–Kier alpha value is -1.51. The van der Waals surface area contributed by atoms with E-state index in [1.54, 1.807) is 32.4 Å². The number of rotatable bonds is 6. The van der Waals surface area contributed by atoms with Gasteiger partial charge in [0.15, 0.2) is 5.78 Å². The van der Waals surface area contributed by atoms with Crippen LogP contribution in [-0.2, 0) is 0 Å². The van der Waals surface area contributed by atoms with Gasteiger partial charge in [-0.3, -0.25) is 4.79 Å². The second kappa shape index (κ2) is 6.28. The maximum atomic E-state index is 12.0. The molecule has 1 rings (SSSR count). The molecular formula is C14H20O3. The number of carbonyl (C=O) groups is 1. The minimum Gasteiger partial charge on any atom is -0.497 e. The summed E-state index contributed by atoms with van der Waals surface area (Å²) in [5.74, 6) is 1.84. The summed E-state index contributed by atoms with van der Waals surface area (Å²) in [5.41, 5.74) is 0.654. The standard InChI is InChI=1S/C14H20O3/c1-5-10(2)6-14(15)11-7-12(16-3)9-13(8-11)17-4/h7-10H,5-6H2,1-4H3. The van der Waals surface area contributed by atoms with Crippen molar-refractivity contribution < 1.29 is 14.3 Å². The van der Waals surface area contributed by atoms with Crippen LogP contribution >= 0.6 is 0 Å². The van der Waals surface area contributed by atoms with Crippen molar-refractivity contribution in [1.82, 2.24) is 0 Å². The third-order valence-electron chi connectivity index (χ3n) is 2.90. The number of ether oxygens (including phenoxy) is 2. The van der Waals surface area contributed by atoms with E-state index in [1.165, 1.54) is 0 Å². The van der Waals surface area contributed by atoms with Crippen LogP contribution in [0.5, 0.6) is 11.5 Å². The predicted octanol–water partition coefficient (Wildman–Crippen LogP) is 3.32. The van der Waals surface area contributed by atoms with E-state index in [2.05, 4.69) is 13.8 Å². The summed E-state index contributed by atoms with van der Waals surface area (Å²) in [5, 5.41) is 0. The Bertz CT molecular complexity index is 363. The van der Waals surface area contributed by atoms with Crippen LogP contribution in [0.1, 0.15) is 37.0 Å². The van der Waals surface area contributed by atoms with E-state index in [-0.39, 0.29) is 5.78 Å². The third-order valence-corrected chi connectivity index (χ3v) is 2.90. The van der Waals surface area contributed by atoms with Gasteiger partial charge in [-0.2, -0.15) is 0 Å². The first kappa shape index (κ1) is 13.6. The molecule has 0 amide bonds. The molecule has 1 aromatic carbocycles. The van der Waals surface area contributed by atoms with E-state index in [4.69, 9.17) is 9.47 Å². The van der Waals surface area contributed by atoms with Gasteiger partial charge in [-0.1, -0.05) is 20.3 Å². The largest absolute Gasteiger partial charge is 0.497 e. The lowest BCUT2D eigenvalue weighted by atomic mass is 9.97. The van der Waals surface area contributed by atoms with Crippen molar-refractivity contribution in [3.63, 3.8) is 0 Å². The molecule has 17 heavy (non-hydrogen) atoms. The van der Waals surface area contributed by atoms with Gasteiger partial charge in [0.1, 0.15) is 11.5 Å². The van der Waals surface area contributed by atoms with Crippen molar-refractivity contribution in [1.29, 1.82) is 0 Å². The smallest absolute Gasteiger partial charge is 0.163 e. The molecule has 0 aliphatic heterocycles. The highest BCUT2D eigenvalue weighted by atomic mass is 16.5. The number of Topliss-reactive ketones (excluding diaryl/α,β-unsaturated/α-hetero) is 1. The number of carbonyl (C=O) groups excluding carboxylic acids is 1. The second-order valence-electron chi connectivity index (χ2n) is 4.24. The number of ketones is 1. The fourth-order valence-electron chi connectivity index (χ4n) is 1.55. The molecule has 0 fully saturated rings. The van der Waals surface area contributed by atoms with E-state index >= 15 is 0 Å². The minimum atomic E-state index is 0.136. The van der Waals surface area contributed by atoms with Crippen molar-refractivity contribution in [2.45, 2.75) is 26.7 Å². The fraction of sp³-hybridized carbons (Fsp3) is 0.500. The normalized spacial score (nSPS) is 12.0. The van der Waals surface area contributed by atoms with E-state index in [1.807, 2.05) is 0 Å². The van der Waals surface area contributed by atoms with E-state index in [0.717, 1.165) is 6.42 Å². The molecule has 0 saturated carbocycles. The lowest BCUT2D eigenvalue weighted by Gasteiger charge is -2.10. The molecule has 0 aliphatic rings. The first-order valence-electron chi connectivity index (χ1n) is 5.87. The number of benzene rings is 1. The van der Waals surface area contributed by atoms with Gasteiger partial charge < -0.3 is 9.47 Å². The van der Waals surface area contributed by atoms with E-state index in [0.29, 0.717) is 29.4 Å². The van der Waals surface area contributed by atoms with Gasteiger partial charge in [-0.05, 0) is 18.1 Å². The fourth-order valence-corrected chi connectivity index (χ4v) is 1.55. The van der Waals surface area contributed by atoms with Gasteiger partial charge in [0.2, 0.25) is 0 Å². The van der Waals surface area contributed by atoms with Crippen LogP contribution < -0.4 is 9.47 Å². The van der Waals surface area contributed by atoms with Crippen LogP contribution in [0.3, 0.4) is 0 Å². The van der Waals surface area contributed by atoms with Crippen molar-refractivity contribution in [3.05, 3.63) is 23.8 Å². The molecule has 0 spiro atoms. The summed E-state index contributed by atoms with van der Waals surface area (Å²) in [6.07, 6.45) is 1.57. The molecule has 0 saturated heterocycles. The van der Waals surface area contributed by atoms with Gasteiger partial charge in [-0.25, -0.2) is 0 Å². The van der Waals surface area contributed by atoms with E-state index < -0.39 is 0 Å². The molecular weight excluding hydrogens is 216 g/mol. The number of methoxy groups -OCH3 is 2. The summed E-state index contributed by atoms with van der Waals surface area (Å²) in [4.78, 5) is 12.0. The average molecular weight is 236 g/mol. The summed E-state index contributed by atoms with van der Waals surface area (Å²) in [6.45, 7) is 4.17. The second-order valence-corrected chi connectivity index (χ2v) is 4.24. The number of hydrogen-bond acceptors (Lipinski definition) is 3. The average Bonchev–Trinajstić information content (AvgIpc) is 2.37. The Morgan fingerprint density at radius 1 is 1.18 bits per heavy atom. The molecule has 3 nitrogen and oxygen atoms in total. The minimum absolute atomic E-state index is 0.136. The topological polar surface area (TPSA) is 35.5 Å². The maximum absolute atomic E-state index is 12.0. The molecule has 94 valence electrons. The Kier molecular flexibility index (Phi) is 5.01. The molecule has 1 unspecified atom stereocenters. The molecule has 0 bridgehead atoms. The molecule has 0 aliphatic carbocycles. The highest BCUT2D eigenvalue weighted by molar-refractivity contribution is 5.97. The lowest BCUT2D eigenvalue weighted by molar-refractivity contribution is 0.0963. The molecule has 0 aromatic heterocycles. The van der Waals surface area contributed by atoms with Crippen LogP contribution in [-0.4, -0.2) is 20.0 Å². The van der Waals surface area contributed by atoms with Gasteiger partial charge >= 0.3 is 0 Å². The summed E-state index contributed by atoms with van der Waals surface area (Å²) < 4.78 is 10.3. The quantitative estimate of drug-likeness (QED) is 0.711. The van der Waals surface area contributed by atoms with Crippen molar-refractivity contribution in [2.75, 3.05) is 14.2 Å². The zero-order chi connectivity index (χ0) is 12.8. The highest BCUT2D eigenvalue weighted by Crippen LogP contribution is 2.24. The van der Waals surface area contributed by atoms with Crippen LogP contribution in [0.4, 0.5) is 0 Å². The van der Waals surface area contributed by atoms with Gasteiger partial charge in [0, 0.05) is 18.1 Å².